The minimum atomic E-state index is 0.0468. The van der Waals surface area contributed by atoms with Crippen molar-refractivity contribution in [3.63, 3.8) is 0 Å². The van der Waals surface area contributed by atoms with Crippen LogP contribution in [0.1, 0.15) is 17.5 Å². The first-order chi connectivity index (χ1) is 9.40. The van der Waals surface area contributed by atoms with Gasteiger partial charge in [0.1, 0.15) is 12.3 Å². The Hall–Kier alpha value is -2.56. The van der Waals surface area contributed by atoms with Crippen molar-refractivity contribution in [2.45, 2.75) is 12.5 Å². The summed E-state index contributed by atoms with van der Waals surface area (Å²) in [6, 6.07) is 10.1. The molecule has 0 aliphatic carbocycles. The van der Waals surface area contributed by atoms with Crippen LogP contribution in [0.2, 0.25) is 0 Å². The van der Waals surface area contributed by atoms with Gasteiger partial charge in [-0.05, 0) is 17.7 Å². The quantitative estimate of drug-likeness (QED) is 0.760. The van der Waals surface area contributed by atoms with Crippen molar-refractivity contribution in [1.29, 1.82) is 0 Å². The van der Waals surface area contributed by atoms with Gasteiger partial charge in [-0.2, -0.15) is 4.98 Å². The smallest absolute Gasteiger partial charge is 0.249 e. The van der Waals surface area contributed by atoms with Gasteiger partial charge in [-0.3, -0.25) is 0 Å². The van der Waals surface area contributed by atoms with Gasteiger partial charge in [-0.15, -0.1) is 0 Å². The highest BCUT2D eigenvalue weighted by molar-refractivity contribution is 5.57. The standard InChI is InChI=1S/C14H11N3O2/c1-2-4-11-9(3-1)7-12(15-11)14-16-13(17-19-14)10-5-6-18-8-10/h1-6,8,12,15H,7H2/t12-/m0/s1. The molecule has 1 atom stereocenters. The third kappa shape index (κ3) is 1.71. The van der Waals surface area contributed by atoms with Crippen LogP contribution in [0.5, 0.6) is 0 Å². The highest BCUT2D eigenvalue weighted by atomic mass is 16.5. The Morgan fingerprint density at radius 3 is 3.00 bits per heavy atom. The summed E-state index contributed by atoms with van der Waals surface area (Å²) in [5, 5.41) is 7.37. The fourth-order valence-electron chi connectivity index (χ4n) is 2.33. The van der Waals surface area contributed by atoms with Crippen LogP contribution in [0.15, 0.2) is 51.8 Å². The monoisotopic (exact) mass is 253 g/mol. The van der Waals surface area contributed by atoms with Crippen LogP contribution in [0.4, 0.5) is 5.69 Å². The highest BCUT2D eigenvalue weighted by Gasteiger charge is 2.26. The van der Waals surface area contributed by atoms with Gasteiger partial charge in [0.25, 0.3) is 0 Å². The van der Waals surface area contributed by atoms with Crippen LogP contribution >= 0.6 is 0 Å². The summed E-state index contributed by atoms with van der Waals surface area (Å²) in [4.78, 5) is 4.42. The molecule has 5 nitrogen and oxygen atoms in total. The van der Waals surface area contributed by atoms with Crippen LogP contribution in [-0.2, 0) is 6.42 Å². The average Bonchev–Trinajstić information content (AvgIpc) is 3.17. The highest BCUT2D eigenvalue weighted by Crippen LogP contribution is 2.33. The molecule has 0 amide bonds. The molecule has 0 radical (unpaired) electrons. The van der Waals surface area contributed by atoms with E-state index in [0.717, 1.165) is 17.7 Å². The number of para-hydroxylation sites is 1. The summed E-state index contributed by atoms with van der Waals surface area (Å²) in [5.41, 5.74) is 3.23. The van der Waals surface area contributed by atoms with E-state index in [0.29, 0.717) is 11.7 Å². The van der Waals surface area contributed by atoms with Crippen molar-refractivity contribution in [3.8, 4) is 11.4 Å². The largest absolute Gasteiger partial charge is 0.472 e. The molecule has 1 aliphatic rings. The molecule has 4 rings (SSSR count). The predicted octanol–water partition coefficient (Wildman–Crippen LogP) is 3.04. The topological polar surface area (TPSA) is 64.1 Å². The number of hydrogen-bond donors (Lipinski definition) is 1. The number of anilines is 1. The Bertz CT molecular complexity index is 678. The van der Waals surface area contributed by atoms with E-state index in [9.17, 15) is 0 Å². The molecule has 0 fully saturated rings. The van der Waals surface area contributed by atoms with Gasteiger partial charge in [0, 0.05) is 12.1 Å². The minimum Gasteiger partial charge on any atom is -0.472 e. The first kappa shape index (κ1) is 10.4. The van der Waals surface area contributed by atoms with E-state index in [4.69, 9.17) is 8.94 Å². The minimum absolute atomic E-state index is 0.0468. The van der Waals surface area contributed by atoms with Crippen molar-refractivity contribution in [1.82, 2.24) is 10.1 Å². The lowest BCUT2D eigenvalue weighted by molar-refractivity contribution is 0.364. The number of furan rings is 1. The van der Waals surface area contributed by atoms with Crippen LogP contribution in [0.25, 0.3) is 11.4 Å². The summed E-state index contributed by atoms with van der Waals surface area (Å²) in [5.74, 6) is 1.16. The SMILES string of the molecule is c1ccc2c(c1)C[C@@H](c1nc(-c3ccoc3)no1)N2. The molecule has 0 bridgehead atoms. The van der Waals surface area contributed by atoms with Crippen LogP contribution in [0.3, 0.4) is 0 Å². The molecule has 94 valence electrons. The van der Waals surface area contributed by atoms with E-state index in [1.165, 1.54) is 5.56 Å². The number of hydrogen-bond acceptors (Lipinski definition) is 5. The molecule has 3 aromatic rings. The third-order valence-corrected chi connectivity index (χ3v) is 3.29. The van der Waals surface area contributed by atoms with Gasteiger partial charge in [0.2, 0.25) is 11.7 Å². The molecule has 0 saturated heterocycles. The van der Waals surface area contributed by atoms with Crippen LogP contribution in [-0.4, -0.2) is 10.1 Å². The summed E-state index contributed by atoms with van der Waals surface area (Å²) >= 11 is 0. The molecule has 5 heteroatoms. The summed E-state index contributed by atoms with van der Waals surface area (Å²) < 4.78 is 10.4. The van der Waals surface area contributed by atoms with E-state index in [1.54, 1.807) is 12.5 Å². The second kappa shape index (κ2) is 3.98. The van der Waals surface area contributed by atoms with E-state index in [2.05, 4.69) is 27.6 Å². The first-order valence-corrected chi connectivity index (χ1v) is 6.11. The van der Waals surface area contributed by atoms with E-state index < -0.39 is 0 Å². The summed E-state index contributed by atoms with van der Waals surface area (Å²) in [7, 11) is 0. The molecule has 1 aromatic carbocycles. The Morgan fingerprint density at radius 2 is 2.16 bits per heavy atom. The molecule has 0 unspecified atom stereocenters. The number of benzene rings is 1. The van der Waals surface area contributed by atoms with Gasteiger partial charge in [0.05, 0.1) is 11.8 Å². The number of nitrogens with zero attached hydrogens (tertiary/aromatic N) is 2. The maximum atomic E-state index is 5.34. The Balaban J connectivity index is 1.62. The second-order valence-electron chi connectivity index (χ2n) is 4.53. The Labute approximate surface area is 109 Å². The van der Waals surface area contributed by atoms with E-state index >= 15 is 0 Å². The van der Waals surface area contributed by atoms with Crippen molar-refractivity contribution in [2.24, 2.45) is 0 Å². The first-order valence-electron chi connectivity index (χ1n) is 6.11. The van der Waals surface area contributed by atoms with Crippen molar-refractivity contribution in [3.05, 3.63) is 54.3 Å². The second-order valence-corrected chi connectivity index (χ2v) is 4.53. The lowest BCUT2D eigenvalue weighted by Gasteiger charge is -2.04. The maximum absolute atomic E-state index is 5.34. The van der Waals surface area contributed by atoms with Crippen LogP contribution < -0.4 is 5.32 Å². The van der Waals surface area contributed by atoms with Gasteiger partial charge in [-0.1, -0.05) is 23.4 Å². The molecular formula is C14H11N3O2. The molecule has 1 aliphatic heterocycles. The molecule has 0 saturated carbocycles. The molecular weight excluding hydrogens is 242 g/mol. The predicted molar refractivity (Wildman–Crippen MR) is 68.5 cm³/mol. The van der Waals surface area contributed by atoms with Crippen molar-refractivity contribution in [2.75, 3.05) is 5.32 Å². The van der Waals surface area contributed by atoms with Gasteiger partial charge in [0.15, 0.2) is 0 Å². The maximum Gasteiger partial charge on any atom is 0.249 e. The number of nitrogens with one attached hydrogen (secondary N) is 1. The van der Waals surface area contributed by atoms with Crippen LogP contribution in [0, 0.1) is 0 Å². The number of rotatable bonds is 2. The zero-order valence-electron chi connectivity index (χ0n) is 10.0. The Kier molecular flexibility index (Phi) is 2.17. The Morgan fingerprint density at radius 1 is 1.21 bits per heavy atom. The number of aromatic nitrogens is 2. The van der Waals surface area contributed by atoms with E-state index in [1.807, 2.05) is 18.2 Å². The fourth-order valence-corrected chi connectivity index (χ4v) is 2.33. The zero-order chi connectivity index (χ0) is 12.7. The van der Waals surface area contributed by atoms with Crippen molar-refractivity contribution < 1.29 is 8.94 Å². The molecule has 1 N–H and O–H groups in total. The van der Waals surface area contributed by atoms with Gasteiger partial charge in [-0.25, -0.2) is 0 Å². The molecule has 0 spiro atoms. The average molecular weight is 253 g/mol. The molecule has 2 aromatic heterocycles. The summed E-state index contributed by atoms with van der Waals surface area (Å²) in [6.07, 6.45) is 4.06. The van der Waals surface area contributed by atoms with E-state index in [-0.39, 0.29) is 6.04 Å². The van der Waals surface area contributed by atoms with Gasteiger partial charge >= 0.3 is 0 Å². The molecule has 19 heavy (non-hydrogen) atoms. The lowest BCUT2D eigenvalue weighted by Crippen LogP contribution is -2.05. The third-order valence-electron chi connectivity index (χ3n) is 3.29. The fraction of sp³-hybridized carbons (Fsp3) is 0.143. The number of fused-ring (bicyclic) bond motifs is 1. The zero-order valence-corrected chi connectivity index (χ0v) is 10.0. The van der Waals surface area contributed by atoms with Gasteiger partial charge < -0.3 is 14.3 Å². The molecule has 3 heterocycles. The lowest BCUT2D eigenvalue weighted by atomic mass is 10.1. The van der Waals surface area contributed by atoms with Crippen molar-refractivity contribution >= 4 is 5.69 Å². The summed E-state index contributed by atoms with van der Waals surface area (Å²) in [6.45, 7) is 0. The normalized spacial score (nSPS) is 17.2.